The average molecular weight is 183 g/mol. The number of carbonyl (C=O) groups excluding carboxylic acids is 2. The third-order valence-electron chi connectivity index (χ3n) is 2.05. The summed E-state index contributed by atoms with van der Waals surface area (Å²) in [5.41, 5.74) is -0.0848. The van der Waals surface area contributed by atoms with Crippen molar-refractivity contribution in [2.75, 3.05) is 0 Å². The summed E-state index contributed by atoms with van der Waals surface area (Å²) in [5, 5.41) is 12.0. The van der Waals surface area contributed by atoms with E-state index in [1.807, 2.05) is 6.92 Å². The van der Waals surface area contributed by atoms with E-state index in [4.69, 9.17) is 0 Å². The molecule has 1 aliphatic heterocycles. The molecule has 4 nitrogen and oxygen atoms in total. The lowest BCUT2D eigenvalue weighted by molar-refractivity contribution is -0.121. The summed E-state index contributed by atoms with van der Waals surface area (Å²) < 4.78 is 0. The molecule has 1 amide bonds. The number of amides is 1. The van der Waals surface area contributed by atoms with Gasteiger partial charge in [-0.1, -0.05) is 13.3 Å². The Labute approximate surface area is 76.6 Å². The van der Waals surface area contributed by atoms with Gasteiger partial charge in [0, 0.05) is 0 Å². The van der Waals surface area contributed by atoms with Gasteiger partial charge in [0.15, 0.2) is 5.78 Å². The fourth-order valence-corrected chi connectivity index (χ4v) is 1.43. The molecule has 0 unspecified atom stereocenters. The Hall–Kier alpha value is -1.32. The number of Topliss-reactive ketones (excluding diaryl/α,β-unsaturated/α-hetero) is 1. The topological polar surface area (TPSA) is 66.4 Å². The van der Waals surface area contributed by atoms with Gasteiger partial charge in [-0.3, -0.25) is 9.59 Å². The Morgan fingerprint density at radius 2 is 2.23 bits per heavy atom. The molecule has 0 aromatic heterocycles. The minimum atomic E-state index is -0.455. The Balaban J connectivity index is 2.90. The fraction of sp³-hybridized carbons (Fsp3) is 0.556. The highest BCUT2D eigenvalue weighted by molar-refractivity contribution is 6.20. The van der Waals surface area contributed by atoms with Crippen LogP contribution in [0.15, 0.2) is 11.3 Å². The molecule has 0 bridgehead atoms. The van der Waals surface area contributed by atoms with Crippen LogP contribution in [0.2, 0.25) is 0 Å². The Kier molecular flexibility index (Phi) is 2.70. The maximum atomic E-state index is 11.2. The molecule has 0 fully saturated rings. The summed E-state index contributed by atoms with van der Waals surface area (Å²) in [6.45, 7) is 3.23. The Morgan fingerprint density at radius 3 is 2.62 bits per heavy atom. The number of aliphatic hydroxyl groups is 1. The predicted molar refractivity (Wildman–Crippen MR) is 47.2 cm³/mol. The van der Waals surface area contributed by atoms with Crippen LogP contribution in [0, 0.1) is 0 Å². The number of hydrogen-bond acceptors (Lipinski definition) is 3. The van der Waals surface area contributed by atoms with Gasteiger partial charge >= 0.3 is 0 Å². The zero-order valence-corrected chi connectivity index (χ0v) is 7.76. The highest BCUT2D eigenvalue weighted by Gasteiger charge is 2.33. The van der Waals surface area contributed by atoms with Gasteiger partial charge in [-0.15, -0.1) is 0 Å². The van der Waals surface area contributed by atoms with Crippen molar-refractivity contribution in [3.8, 4) is 0 Å². The van der Waals surface area contributed by atoms with E-state index in [9.17, 15) is 14.7 Å². The van der Waals surface area contributed by atoms with Crippen LogP contribution in [-0.2, 0) is 9.59 Å². The molecule has 72 valence electrons. The van der Waals surface area contributed by atoms with E-state index >= 15 is 0 Å². The van der Waals surface area contributed by atoms with E-state index in [-0.39, 0.29) is 23.2 Å². The van der Waals surface area contributed by atoms with Crippen molar-refractivity contribution in [2.45, 2.75) is 32.7 Å². The molecule has 0 aliphatic carbocycles. The first-order valence-electron chi connectivity index (χ1n) is 4.32. The molecule has 0 spiro atoms. The lowest BCUT2D eigenvalue weighted by Crippen LogP contribution is -2.29. The highest BCUT2D eigenvalue weighted by Crippen LogP contribution is 2.18. The normalized spacial score (nSPS) is 22.0. The Bertz CT molecular complexity index is 281. The highest BCUT2D eigenvalue weighted by atomic mass is 16.3. The van der Waals surface area contributed by atoms with Gasteiger partial charge in [0.05, 0.1) is 6.04 Å². The van der Waals surface area contributed by atoms with Crippen molar-refractivity contribution in [2.24, 2.45) is 0 Å². The molecule has 1 rings (SSSR count). The van der Waals surface area contributed by atoms with Gasteiger partial charge in [0.25, 0.3) is 5.91 Å². The van der Waals surface area contributed by atoms with Gasteiger partial charge in [0.1, 0.15) is 11.3 Å². The monoisotopic (exact) mass is 183 g/mol. The van der Waals surface area contributed by atoms with E-state index < -0.39 is 5.91 Å². The molecule has 1 aliphatic rings. The number of ketones is 1. The average Bonchev–Trinajstić information content (AvgIpc) is 2.28. The molecular weight excluding hydrogens is 170 g/mol. The molecule has 13 heavy (non-hydrogen) atoms. The number of carbonyl (C=O) groups is 2. The van der Waals surface area contributed by atoms with E-state index in [0.717, 1.165) is 6.42 Å². The molecule has 4 heteroatoms. The van der Waals surface area contributed by atoms with E-state index in [1.165, 1.54) is 6.92 Å². The molecule has 0 radical (unpaired) electrons. The third-order valence-corrected chi connectivity index (χ3v) is 2.05. The first kappa shape index (κ1) is 9.77. The van der Waals surface area contributed by atoms with Crippen LogP contribution in [0.4, 0.5) is 0 Å². The number of aliphatic hydroxyl groups excluding tert-OH is 1. The maximum Gasteiger partial charge on any atom is 0.258 e. The van der Waals surface area contributed by atoms with Crippen LogP contribution in [0.3, 0.4) is 0 Å². The molecule has 0 aromatic carbocycles. The second kappa shape index (κ2) is 3.60. The van der Waals surface area contributed by atoms with E-state index in [1.54, 1.807) is 0 Å². The lowest BCUT2D eigenvalue weighted by atomic mass is 10.1. The van der Waals surface area contributed by atoms with Crippen LogP contribution in [0.25, 0.3) is 0 Å². The SMILES string of the molecule is CCC[C@@H]1NC(=O)C(C(C)=O)=C1O. The molecule has 0 saturated carbocycles. The second-order valence-corrected chi connectivity index (χ2v) is 3.13. The summed E-state index contributed by atoms with van der Waals surface area (Å²) >= 11 is 0. The van der Waals surface area contributed by atoms with Crippen molar-refractivity contribution in [1.82, 2.24) is 5.32 Å². The summed E-state index contributed by atoms with van der Waals surface area (Å²) in [5.74, 6) is -0.934. The van der Waals surface area contributed by atoms with Crippen molar-refractivity contribution < 1.29 is 14.7 Å². The zero-order chi connectivity index (χ0) is 10.0. The number of nitrogens with one attached hydrogen (secondary N) is 1. The van der Waals surface area contributed by atoms with Crippen molar-refractivity contribution in [1.29, 1.82) is 0 Å². The molecule has 2 N–H and O–H groups in total. The Morgan fingerprint density at radius 1 is 1.62 bits per heavy atom. The zero-order valence-electron chi connectivity index (χ0n) is 7.76. The summed E-state index contributed by atoms with van der Waals surface area (Å²) in [6.07, 6.45) is 1.51. The first-order valence-corrected chi connectivity index (χ1v) is 4.32. The van der Waals surface area contributed by atoms with Crippen molar-refractivity contribution >= 4 is 11.7 Å². The van der Waals surface area contributed by atoms with Gasteiger partial charge in [0.2, 0.25) is 0 Å². The minimum absolute atomic E-state index is 0.0848. The summed E-state index contributed by atoms with van der Waals surface area (Å²) in [6, 6.07) is -0.364. The molecule has 0 saturated heterocycles. The van der Waals surface area contributed by atoms with Crippen LogP contribution < -0.4 is 5.32 Å². The van der Waals surface area contributed by atoms with Crippen LogP contribution in [0.1, 0.15) is 26.7 Å². The van der Waals surface area contributed by atoms with Crippen LogP contribution in [0.5, 0.6) is 0 Å². The number of hydrogen-bond donors (Lipinski definition) is 2. The van der Waals surface area contributed by atoms with Gasteiger partial charge in [-0.2, -0.15) is 0 Å². The molecule has 1 atom stereocenters. The quantitative estimate of drug-likeness (QED) is 0.632. The maximum absolute atomic E-state index is 11.2. The number of rotatable bonds is 3. The smallest absolute Gasteiger partial charge is 0.258 e. The van der Waals surface area contributed by atoms with Crippen LogP contribution in [-0.4, -0.2) is 22.8 Å². The fourth-order valence-electron chi connectivity index (χ4n) is 1.43. The van der Waals surface area contributed by atoms with Gasteiger partial charge in [-0.25, -0.2) is 0 Å². The van der Waals surface area contributed by atoms with E-state index in [2.05, 4.69) is 5.32 Å². The predicted octanol–water partition coefficient (Wildman–Crippen LogP) is 0.686. The van der Waals surface area contributed by atoms with Crippen molar-refractivity contribution in [3.63, 3.8) is 0 Å². The molecular formula is C9H13NO3. The molecule has 1 heterocycles. The summed E-state index contributed by atoms with van der Waals surface area (Å²) in [4.78, 5) is 22.1. The van der Waals surface area contributed by atoms with E-state index in [0.29, 0.717) is 6.42 Å². The minimum Gasteiger partial charge on any atom is -0.509 e. The first-order chi connectivity index (χ1) is 6.07. The van der Waals surface area contributed by atoms with Gasteiger partial charge in [-0.05, 0) is 13.3 Å². The van der Waals surface area contributed by atoms with Gasteiger partial charge < -0.3 is 10.4 Å². The second-order valence-electron chi connectivity index (χ2n) is 3.13. The third kappa shape index (κ3) is 1.71. The largest absolute Gasteiger partial charge is 0.509 e. The standard InChI is InChI=1S/C9H13NO3/c1-3-4-6-8(12)7(5(2)11)9(13)10-6/h6,12H,3-4H2,1-2H3,(H,10,13)/t6-/m0/s1. The lowest BCUT2D eigenvalue weighted by Gasteiger charge is -2.07. The van der Waals surface area contributed by atoms with Crippen molar-refractivity contribution in [3.05, 3.63) is 11.3 Å². The molecule has 0 aromatic rings. The summed E-state index contributed by atoms with van der Waals surface area (Å²) in [7, 11) is 0. The van der Waals surface area contributed by atoms with Crippen LogP contribution >= 0.6 is 0 Å².